The average Bonchev–Trinajstić information content (AvgIpc) is 2.84. The third kappa shape index (κ3) is 1.73. The Morgan fingerprint density at radius 3 is 2.72 bits per heavy atom. The normalized spacial score (nSPS) is 10.8. The molecule has 0 aliphatic carbocycles. The van der Waals surface area contributed by atoms with Crippen LogP contribution < -0.4 is 5.32 Å². The van der Waals surface area contributed by atoms with E-state index in [-0.39, 0.29) is 0 Å². The molecular weight excluding hydrogens is 248 g/mol. The van der Waals surface area contributed by atoms with Crippen LogP contribution in [0.25, 0.3) is 22.6 Å². The van der Waals surface area contributed by atoms with Crippen LogP contribution in [0.4, 0.5) is 5.69 Å². The first-order chi connectivity index (χ1) is 8.79. The minimum Gasteiger partial charge on any atom is -0.434 e. The molecule has 3 rings (SSSR count). The highest BCUT2D eigenvalue weighted by atomic mass is 35.5. The van der Waals surface area contributed by atoms with E-state index in [0.717, 1.165) is 16.8 Å². The summed E-state index contributed by atoms with van der Waals surface area (Å²) < 4.78 is 5.74. The number of halogens is 1. The average molecular weight is 259 g/mol. The van der Waals surface area contributed by atoms with Crippen LogP contribution in [-0.4, -0.2) is 12.0 Å². The molecular formula is C14H11ClN2O. The van der Waals surface area contributed by atoms with Gasteiger partial charge in [-0.3, -0.25) is 0 Å². The first-order valence-corrected chi connectivity index (χ1v) is 5.99. The van der Waals surface area contributed by atoms with Gasteiger partial charge >= 0.3 is 0 Å². The summed E-state index contributed by atoms with van der Waals surface area (Å²) in [5.74, 6) is 0.572. The van der Waals surface area contributed by atoms with Gasteiger partial charge in [0.15, 0.2) is 5.58 Å². The van der Waals surface area contributed by atoms with Crippen LogP contribution in [0.15, 0.2) is 46.9 Å². The molecule has 0 bridgehead atoms. The fourth-order valence-corrected chi connectivity index (χ4v) is 2.13. The molecule has 3 aromatic rings. The smallest absolute Gasteiger partial charge is 0.229 e. The van der Waals surface area contributed by atoms with Gasteiger partial charge in [-0.1, -0.05) is 29.8 Å². The summed E-state index contributed by atoms with van der Waals surface area (Å²) in [5, 5.41) is 3.70. The minimum atomic E-state index is 0.572. The summed E-state index contributed by atoms with van der Waals surface area (Å²) in [7, 11) is 1.87. The number of nitrogens with one attached hydrogen (secondary N) is 1. The maximum Gasteiger partial charge on any atom is 0.229 e. The van der Waals surface area contributed by atoms with E-state index in [4.69, 9.17) is 16.0 Å². The van der Waals surface area contributed by atoms with E-state index < -0.39 is 0 Å². The van der Waals surface area contributed by atoms with Crippen molar-refractivity contribution in [2.24, 2.45) is 0 Å². The first kappa shape index (κ1) is 11.1. The fraction of sp³-hybridized carbons (Fsp3) is 0.0714. The van der Waals surface area contributed by atoms with Gasteiger partial charge in [0.05, 0.1) is 10.6 Å². The topological polar surface area (TPSA) is 38.1 Å². The van der Waals surface area contributed by atoms with Crippen molar-refractivity contribution in [2.75, 3.05) is 12.4 Å². The lowest BCUT2D eigenvalue weighted by molar-refractivity contribution is 0.620. The van der Waals surface area contributed by atoms with E-state index in [9.17, 15) is 0 Å². The van der Waals surface area contributed by atoms with Crippen molar-refractivity contribution in [1.82, 2.24) is 4.98 Å². The number of nitrogens with zero attached hydrogens (tertiary/aromatic N) is 1. The highest BCUT2D eigenvalue weighted by molar-refractivity contribution is 6.34. The first-order valence-electron chi connectivity index (χ1n) is 5.62. The van der Waals surface area contributed by atoms with Crippen LogP contribution in [0.5, 0.6) is 0 Å². The quantitative estimate of drug-likeness (QED) is 0.749. The van der Waals surface area contributed by atoms with Crippen LogP contribution in [0.2, 0.25) is 5.02 Å². The third-order valence-electron chi connectivity index (χ3n) is 2.79. The molecule has 90 valence electrons. The standard InChI is InChI=1S/C14H11ClN2O/c1-16-11-7-3-2-5-9(11)14-17-12-8-4-6-10(15)13(12)18-14/h2-8,16H,1H3. The van der Waals surface area contributed by atoms with E-state index >= 15 is 0 Å². The van der Waals surface area contributed by atoms with Gasteiger partial charge in [-0.2, -0.15) is 0 Å². The van der Waals surface area contributed by atoms with E-state index in [1.165, 1.54) is 0 Å². The van der Waals surface area contributed by atoms with Crippen molar-refractivity contribution >= 4 is 28.4 Å². The highest BCUT2D eigenvalue weighted by Gasteiger charge is 2.12. The van der Waals surface area contributed by atoms with Gasteiger partial charge < -0.3 is 9.73 Å². The Morgan fingerprint density at radius 1 is 1.11 bits per heavy atom. The maximum atomic E-state index is 6.08. The Balaban J connectivity index is 2.23. The van der Waals surface area contributed by atoms with E-state index in [1.807, 2.05) is 43.4 Å². The van der Waals surface area contributed by atoms with Crippen LogP contribution in [0, 0.1) is 0 Å². The second-order valence-corrected chi connectivity index (χ2v) is 4.31. The van der Waals surface area contributed by atoms with Gasteiger partial charge in [-0.05, 0) is 24.3 Å². The zero-order valence-electron chi connectivity index (χ0n) is 9.77. The number of anilines is 1. The Kier molecular flexibility index (Phi) is 2.68. The molecule has 0 spiro atoms. The van der Waals surface area contributed by atoms with Crippen LogP contribution in [0.1, 0.15) is 0 Å². The van der Waals surface area contributed by atoms with Gasteiger partial charge in [0, 0.05) is 12.7 Å². The van der Waals surface area contributed by atoms with E-state index in [1.54, 1.807) is 6.07 Å². The molecule has 0 aliphatic heterocycles. The molecule has 1 heterocycles. The number of fused-ring (bicyclic) bond motifs is 1. The molecule has 0 fully saturated rings. The van der Waals surface area contributed by atoms with Crippen LogP contribution >= 0.6 is 11.6 Å². The lowest BCUT2D eigenvalue weighted by Crippen LogP contribution is -1.91. The predicted molar refractivity (Wildman–Crippen MR) is 74.0 cm³/mol. The molecule has 2 aromatic carbocycles. The molecule has 0 saturated carbocycles. The molecule has 1 N–H and O–H groups in total. The van der Waals surface area contributed by atoms with Crippen molar-refractivity contribution in [3.8, 4) is 11.5 Å². The second kappa shape index (κ2) is 4.35. The monoisotopic (exact) mass is 258 g/mol. The Labute approximate surface area is 109 Å². The number of aromatic nitrogens is 1. The molecule has 0 atom stereocenters. The molecule has 0 radical (unpaired) electrons. The lowest BCUT2D eigenvalue weighted by Gasteiger charge is -2.04. The van der Waals surface area contributed by atoms with Crippen molar-refractivity contribution in [3.05, 3.63) is 47.5 Å². The van der Waals surface area contributed by atoms with Gasteiger partial charge in [-0.25, -0.2) is 4.98 Å². The molecule has 4 heteroatoms. The van der Waals surface area contributed by atoms with Crippen LogP contribution in [-0.2, 0) is 0 Å². The number of benzene rings is 2. The second-order valence-electron chi connectivity index (χ2n) is 3.90. The highest BCUT2D eigenvalue weighted by Crippen LogP contribution is 2.32. The molecule has 18 heavy (non-hydrogen) atoms. The lowest BCUT2D eigenvalue weighted by atomic mass is 10.2. The van der Waals surface area contributed by atoms with E-state index in [2.05, 4.69) is 10.3 Å². The van der Waals surface area contributed by atoms with E-state index in [0.29, 0.717) is 16.5 Å². The van der Waals surface area contributed by atoms with Crippen molar-refractivity contribution in [3.63, 3.8) is 0 Å². The Bertz CT molecular complexity index is 706. The van der Waals surface area contributed by atoms with Gasteiger partial charge in [-0.15, -0.1) is 0 Å². The summed E-state index contributed by atoms with van der Waals surface area (Å²) in [6.07, 6.45) is 0. The van der Waals surface area contributed by atoms with Crippen molar-refractivity contribution < 1.29 is 4.42 Å². The van der Waals surface area contributed by atoms with Gasteiger partial charge in [0.2, 0.25) is 5.89 Å². The Hall–Kier alpha value is -2.00. The molecule has 0 amide bonds. The fourth-order valence-electron chi connectivity index (χ4n) is 1.92. The molecule has 0 aliphatic rings. The maximum absolute atomic E-state index is 6.08. The molecule has 0 saturated heterocycles. The zero-order chi connectivity index (χ0) is 12.5. The van der Waals surface area contributed by atoms with Gasteiger partial charge in [0.25, 0.3) is 0 Å². The number of hydrogen-bond donors (Lipinski definition) is 1. The number of hydrogen-bond acceptors (Lipinski definition) is 3. The number of rotatable bonds is 2. The predicted octanol–water partition coefficient (Wildman–Crippen LogP) is 4.19. The zero-order valence-corrected chi connectivity index (χ0v) is 10.5. The Morgan fingerprint density at radius 2 is 1.94 bits per heavy atom. The summed E-state index contributed by atoms with van der Waals surface area (Å²) in [5.41, 5.74) is 3.29. The summed E-state index contributed by atoms with van der Waals surface area (Å²) in [6, 6.07) is 13.4. The summed E-state index contributed by atoms with van der Waals surface area (Å²) >= 11 is 6.08. The summed E-state index contributed by atoms with van der Waals surface area (Å²) in [4.78, 5) is 4.46. The summed E-state index contributed by atoms with van der Waals surface area (Å²) in [6.45, 7) is 0. The van der Waals surface area contributed by atoms with Crippen molar-refractivity contribution in [2.45, 2.75) is 0 Å². The molecule has 3 nitrogen and oxygen atoms in total. The van der Waals surface area contributed by atoms with Crippen molar-refractivity contribution in [1.29, 1.82) is 0 Å². The SMILES string of the molecule is CNc1ccccc1-c1nc2cccc(Cl)c2o1. The van der Waals surface area contributed by atoms with Gasteiger partial charge in [0.1, 0.15) is 5.52 Å². The number of para-hydroxylation sites is 2. The van der Waals surface area contributed by atoms with Crippen LogP contribution in [0.3, 0.4) is 0 Å². The third-order valence-corrected chi connectivity index (χ3v) is 3.09. The minimum absolute atomic E-state index is 0.572. The molecule has 0 unspecified atom stereocenters. The molecule has 1 aromatic heterocycles. The number of oxazole rings is 1. The largest absolute Gasteiger partial charge is 0.434 e.